The highest BCUT2D eigenvalue weighted by atomic mass is 19.4. The first-order chi connectivity index (χ1) is 17.9. The molecule has 2 aromatic carbocycles. The molecule has 0 aliphatic carbocycles. The van der Waals surface area contributed by atoms with E-state index in [0.29, 0.717) is 25.5 Å². The number of likely N-dealkylation sites (tertiary alicyclic amines) is 2. The van der Waals surface area contributed by atoms with Gasteiger partial charge < -0.3 is 9.64 Å². The molecule has 1 unspecified atom stereocenters. The van der Waals surface area contributed by atoms with E-state index >= 15 is 0 Å². The number of ether oxygens (including phenoxy) is 1. The maximum Gasteiger partial charge on any atom is 0.416 e. The topological polar surface area (TPSA) is 32.8 Å². The summed E-state index contributed by atoms with van der Waals surface area (Å²) in [4.78, 5) is 16.9. The molecule has 2 aliphatic rings. The van der Waals surface area contributed by atoms with E-state index in [1.54, 1.807) is 4.90 Å². The summed E-state index contributed by atoms with van der Waals surface area (Å²) in [7, 11) is 0. The second-order valence-corrected chi connectivity index (χ2v) is 10.1. The maximum absolute atomic E-state index is 13.7. The third kappa shape index (κ3) is 6.88. The van der Waals surface area contributed by atoms with Gasteiger partial charge in [-0.25, -0.2) is 0 Å². The molecule has 10 heteroatoms. The molecule has 0 N–H and O–H groups in total. The van der Waals surface area contributed by atoms with Crippen LogP contribution in [0.5, 0.6) is 0 Å². The van der Waals surface area contributed by atoms with Gasteiger partial charge in [-0.05, 0) is 80.4 Å². The summed E-state index contributed by atoms with van der Waals surface area (Å²) >= 11 is 0. The Hall–Kier alpha value is -2.59. The molecule has 2 atom stereocenters. The second kappa shape index (κ2) is 11.7. The first-order valence-corrected chi connectivity index (χ1v) is 12.9. The molecule has 0 bridgehead atoms. The van der Waals surface area contributed by atoms with Crippen LogP contribution < -0.4 is 0 Å². The zero-order valence-corrected chi connectivity index (χ0v) is 21.2. The Labute approximate surface area is 218 Å². The summed E-state index contributed by atoms with van der Waals surface area (Å²) in [5.74, 6) is -0.112. The van der Waals surface area contributed by atoms with Crippen LogP contribution in [0.2, 0.25) is 0 Å². The minimum atomic E-state index is -4.99. The number of piperidine rings is 2. The summed E-state index contributed by atoms with van der Waals surface area (Å²) in [5, 5.41) is 0. The Kier molecular flexibility index (Phi) is 8.72. The Morgan fingerprint density at radius 2 is 1.66 bits per heavy atom. The summed E-state index contributed by atoms with van der Waals surface area (Å²) < 4.78 is 86.3. The zero-order valence-electron chi connectivity index (χ0n) is 21.2. The molecule has 38 heavy (non-hydrogen) atoms. The Morgan fingerprint density at radius 3 is 2.32 bits per heavy atom. The van der Waals surface area contributed by atoms with Gasteiger partial charge in [0.1, 0.15) is 6.23 Å². The van der Waals surface area contributed by atoms with E-state index < -0.39 is 41.9 Å². The number of carbonyl (C=O) groups is 1. The lowest BCUT2D eigenvalue weighted by atomic mass is 9.86. The lowest BCUT2D eigenvalue weighted by Gasteiger charge is -2.41. The standard InChI is InChI=1S/C28H32F6N2O2/c1-19-7-3-4-8-23(19)20-11-14-36(25(37)17-35-12-5-2-6-13-35)26(15-20)38-18-21-9-10-22(27(29,30)31)16-24(21)28(32,33)34/h3-4,7-10,16,20,26H,2,5-6,11-15,17-18H2,1H3/t20-,26?/m0/s1. The molecule has 0 radical (unpaired) electrons. The van der Waals surface area contributed by atoms with E-state index in [1.165, 1.54) is 0 Å². The van der Waals surface area contributed by atoms with Crippen molar-refractivity contribution >= 4 is 5.91 Å². The second-order valence-electron chi connectivity index (χ2n) is 10.1. The predicted octanol–water partition coefficient (Wildman–Crippen LogP) is 6.77. The van der Waals surface area contributed by atoms with Crippen LogP contribution in [-0.2, 0) is 28.5 Å². The number of aryl methyl sites for hydroxylation is 1. The largest absolute Gasteiger partial charge is 0.416 e. The van der Waals surface area contributed by atoms with Gasteiger partial charge in [-0.15, -0.1) is 0 Å². The van der Waals surface area contributed by atoms with E-state index in [9.17, 15) is 31.1 Å². The molecule has 4 nitrogen and oxygen atoms in total. The lowest BCUT2D eigenvalue weighted by molar-refractivity contribution is -0.157. The van der Waals surface area contributed by atoms with Crippen molar-refractivity contribution in [1.29, 1.82) is 0 Å². The van der Waals surface area contributed by atoms with Gasteiger partial charge in [0, 0.05) is 6.54 Å². The smallest absolute Gasteiger partial charge is 0.354 e. The molecule has 0 aromatic heterocycles. The van der Waals surface area contributed by atoms with E-state index in [0.717, 1.165) is 49.5 Å². The minimum Gasteiger partial charge on any atom is -0.354 e. The highest BCUT2D eigenvalue weighted by Gasteiger charge is 2.39. The minimum absolute atomic E-state index is 0.0370. The van der Waals surface area contributed by atoms with Crippen LogP contribution in [0.15, 0.2) is 42.5 Å². The number of hydrogen-bond acceptors (Lipinski definition) is 3. The normalized spacial score (nSPS) is 21.5. The van der Waals surface area contributed by atoms with Crippen LogP contribution in [0.1, 0.15) is 65.8 Å². The number of rotatable bonds is 6. The van der Waals surface area contributed by atoms with Crippen LogP contribution in [0.4, 0.5) is 26.3 Å². The molecule has 0 spiro atoms. The van der Waals surface area contributed by atoms with Crippen LogP contribution >= 0.6 is 0 Å². The first-order valence-electron chi connectivity index (χ1n) is 12.9. The molecule has 2 aromatic rings. The van der Waals surface area contributed by atoms with Crippen molar-refractivity contribution < 1.29 is 35.9 Å². The average molecular weight is 543 g/mol. The van der Waals surface area contributed by atoms with Crippen molar-refractivity contribution in [2.75, 3.05) is 26.2 Å². The first kappa shape index (κ1) is 28.4. The Balaban J connectivity index is 1.56. The SMILES string of the molecule is Cc1ccccc1[C@H]1CCN(C(=O)CN2CCCCC2)C(OCc2ccc(C(F)(F)F)cc2C(F)(F)F)C1. The highest BCUT2D eigenvalue weighted by molar-refractivity contribution is 5.78. The summed E-state index contributed by atoms with van der Waals surface area (Å²) in [6.07, 6.45) is -6.47. The van der Waals surface area contributed by atoms with Gasteiger partial charge in [0.05, 0.1) is 24.3 Å². The number of halogens is 6. The molecule has 0 saturated carbocycles. The lowest BCUT2D eigenvalue weighted by Crippen LogP contribution is -2.51. The fraction of sp³-hybridized carbons (Fsp3) is 0.536. The number of hydrogen-bond donors (Lipinski definition) is 0. The van der Waals surface area contributed by atoms with Crippen molar-refractivity contribution in [1.82, 2.24) is 9.80 Å². The molecule has 2 heterocycles. The van der Waals surface area contributed by atoms with Gasteiger partial charge >= 0.3 is 12.4 Å². The van der Waals surface area contributed by atoms with Crippen LogP contribution in [0.25, 0.3) is 0 Å². The van der Waals surface area contributed by atoms with Gasteiger partial charge in [-0.2, -0.15) is 26.3 Å². The molecule has 208 valence electrons. The molecule has 2 saturated heterocycles. The number of nitrogens with zero attached hydrogens (tertiary/aromatic N) is 2. The number of benzene rings is 2. The van der Waals surface area contributed by atoms with E-state index in [4.69, 9.17) is 4.74 Å². The molecule has 2 aliphatic heterocycles. The summed E-state index contributed by atoms with van der Waals surface area (Å²) in [6, 6.07) is 9.39. The van der Waals surface area contributed by atoms with Crippen molar-refractivity contribution in [3.05, 3.63) is 70.3 Å². The summed E-state index contributed by atoms with van der Waals surface area (Å²) in [5.41, 5.74) is -0.984. The number of carbonyl (C=O) groups excluding carboxylic acids is 1. The quantitative estimate of drug-likeness (QED) is 0.378. The van der Waals surface area contributed by atoms with Crippen molar-refractivity contribution in [3.63, 3.8) is 0 Å². The van der Waals surface area contributed by atoms with Crippen LogP contribution in [0, 0.1) is 6.92 Å². The van der Waals surface area contributed by atoms with E-state index in [2.05, 4.69) is 4.90 Å². The Bertz CT molecular complexity index is 1110. The fourth-order valence-corrected chi connectivity index (χ4v) is 5.43. The third-order valence-corrected chi connectivity index (χ3v) is 7.48. The third-order valence-electron chi connectivity index (χ3n) is 7.48. The molecule has 1 amide bonds. The number of alkyl halides is 6. The van der Waals surface area contributed by atoms with Gasteiger partial charge in [0.15, 0.2) is 0 Å². The van der Waals surface area contributed by atoms with Crippen molar-refractivity contribution in [2.24, 2.45) is 0 Å². The fourth-order valence-electron chi connectivity index (χ4n) is 5.43. The van der Waals surface area contributed by atoms with Gasteiger partial charge in [-0.1, -0.05) is 36.8 Å². The van der Waals surface area contributed by atoms with E-state index in [-0.39, 0.29) is 24.4 Å². The van der Waals surface area contributed by atoms with Crippen molar-refractivity contribution in [3.8, 4) is 0 Å². The van der Waals surface area contributed by atoms with Gasteiger partial charge in [0.2, 0.25) is 5.91 Å². The Morgan fingerprint density at radius 1 is 0.947 bits per heavy atom. The average Bonchev–Trinajstić information content (AvgIpc) is 2.87. The molecule has 2 fully saturated rings. The van der Waals surface area contributed by atoms with Crippen molar-refractivity contribution in [2.45, 2.75) is 70.1 Å². The molecular formula is C28H32F6N2O2. The number of amides is 1. The van der Waals surface area contributed by atoms with Gasteiger partial charge in [0.25, 0.3) is 0 Å². The maximum atomic E-state index is 13.7. The van der Waals surface area contributed by atoms with Crippen LogP contribution in [0.3, 0.4) is 0 Å². The van der Waals surface area contributed by atoms with E-state index in [1.807, 2.05) is 31.2 Å². The predicted molar refractivity (Wildman–Crippen MR) is 130 cm³/mol. The van der Waals surface area contributed by atoms with Gasteiger partial charge in [-0.3, -0.25) is 9.69 Å². The zero-order chi connectivity index (χ0) is 27.5. The van der Waals surface area contributed by atoms with Crippen LogP contribution in [-0.4, -0.2) is 48.1 Å². The molecular weight excluding hydrogens is 510 g/mol. The highest BCUT2D eigenvalue weighted by Crippen LogP contribution is 2.39. The summed E-state index contributed by atoms with van der Waals surface area (Å²) in [6.45, 7) is 3.65. The molecule has 4 rings (SSSR count). The monoisotopic (exact) mass is 542 g/mol.